The van der Waals surface area contributed by atoms with E-state index in [4.69, 9.17) is 16.2 Å². The molecule has 9 heteroatoms. The molecule has 0 fully saturated rings. The Labute approximate surface area is 133 Å². The highest BCUT2D eigenvalue weighted by Gasteiger charge is 2.11. The van der Waals surface area contributed by atoms with E-state index < -0.39 is 17.3 Å². The molecule has 0 radical (unpaired) electrons. The van der Waals surface area contributed by atoms with Gasteiger partial charge < -0.3 is 15.7 Å². The summed E-state index contributed by atoms with van der Waals surface area (Å²) < 4.78 is 21.6. The van der Waals surface area contributed by atoms with Crippen molar-refractivity contribution >= 4 is 46.0 Å². The van der Waals surface area contributed by atoms with Gasteiger partial charge in [-0.1, -0.05) is 17.7 Å². The van der Waals surface area contributed by atoms with E-state index in [2.05, 4.69) is 15.4 Å². The van der Waals surface area contributed by atoms with Crippen LogP contribution in [0.3, 0.4) is 0 Å². The molecule has 5 N–H and O–H groups in total. The molecule has 2 rings (SSSR count). The van der Waals surface area contributed by atoms with Crippen LogP contribution in [0.15, 0.2) is 42.5 Å². The third-order valence-corrected chi connectivity index (χ3v) is 3.23. The number of para-hydroxylation sites is 1. The third kappa shape index (κ3) is 4.35. The van der Waals surface area contributed by atoms with Crippen molar-refractivity contribution < 1.29 is 18.7 Å². The lowest BCUT2D eigenvalue weighted by molar-refractivity contribution is 0.262. The molecule has 0 spiro atoms. The maximum absolute atomic E-state index is 11.9. The number of carbonyl (C=O) groups excluding carboxylic acids is 1. The molecule has 0 heterocycles. The second-order valence-corrected chi connectivity index (χ2v) is 5.28. The molecule has 2 aromatic carbocycles. The Morgan fingerprint density at radius 3 is 2.32 bits per heavy atom. The molecule has 0 aliphatic heterocycles. The Kier molecular flexibility index (Phi) is 5.21. The summed E-state index contributed by atoms with van der Waals surface area (Å²) >= 11 is 3.41. The van der Waals surface area contributed by atoms with E-state index >= 15 is 0 Å². The molecule has 1 atom stereocenters. The number of aromatic hydroxyl groups is 1. The molecule has 0 aromatic heterocycles. The number of rotatable bonds is 4. The van der Waals surface area contributed by atoms with Crippen molar-refractivity contribution in [2.45, 2.75) is 0 Å². The summed E-state index contributed by atoms with van der Waals surface area (Å²) in [7, 11) is 0. The van der Waals surface area contributed by atoms with Crippen LogP contribution in [0.5, 0.6) is 5.75 Å². The van der Waals surface area contributed by atoms with E-state index in [9.17, 15) is 14.1 Å². The van der Waals surface area contributed by atoms with Crippen LogP contribution < -0.4 is 15.4 Å². The molecule has 0 saturated heterocycles. The first-order valence-electron chi connectivity index (χ1n) is 5.99. The molecule has 0 aliphatic carbocycles. The predicted octanol–water partition coefficient (Wildman–Crippen LogP) is 3.24. The van der Waals surface area contributed by atoms with Crippen molar-refractivity contribution in [3.8, 4) is 5.75 Å². The predicted molar refractivity (Wildman–Crippen MR) is 86.6 cm³/mol. The minimum atomic E-state index is -2.33. The molecule has 116 valence electrons. The van der Waals surface area contributed by atoms with Gasteiger partial charge in [-0.05, 0) is 36.4 Å². The standard InChI is InChI=1S/C13H12ClN3O4S/c14-8-4-6-9(7-5-8)15-13(19)16-10-2-1-3-11(12(10)18)17-22(20)21/h1-7,17-18H,(H,20,21)(H2,15,16,19). The number of nitrogens with one attached hydrogen (secondary N) is 3. The number of carbonyl (C=O) groups is 1. The first-order chi connectivity index (χ1) is 10.5. The normalized spacial score (nSPS) is 11.5. The Morgan fingerprint density at radius 1 is 1.05 bits per heavy atom. The number of hydrogen-bond acceptors (Lipinski definition) is 3. The highest BCUT2D eigenvalue weighted by molar-refractivity contribution is 7.80. The van der Waals surface area contributed by atoms with E-state index in [0.717, 1.165) is 0 Å². The van der Waals surface area contributed by atoms with Gasteiger partial charge in [0.25, 0.3) is 11.3 Å². The van der Waals surface area contributed by atoms with E-state index in [1.54, 1.807) is 24.3 Å². The van der Waals surface area contributed by atoms with Crippen molar-refractivity contribution in [1.82, 2.24) is 0 Å². The minimum Gasteiger partial charge on any atom is -0.504 e. The van der Waals surface area contributed by atoms with Crippen molar-refractivity contribution in [2.75, 3.05) is 15.4 Å². The summed E-state index contributed by atoms with van der Waals surface area (Å²) in [4.78, 5) is 11.9. The Bertz CT molecular complexity index is 709. The van der Waals surface area contributed by atoms with Gasteiger partial charge >= 0.3 is 6.03 Å². The molecule has 0 saturated carbocycles. The monoisotopic (exact) mass is 341 g/mol. The largest absolute Gasteiger partial charge is 0.504 e. The van der Waals surface area contributed by atoms with Gasteiger partial charge in [0.1, 0.15) is 0 Å². The number of urea groups is 1. The van der Waals surface area contributed by atoms with Gasteiger partial charge in [-0.15, -0.1) is 0 Å². The molecule has 2 aromatic rings. The summed E-state index contributed by atoms with van der Waals surface area (Å²) in [5.41, 5.74) is 0.624. The molecule has 1 unspecified atom stereocenters. The average Bonchev–Trinajstić information content (AvgIpc) is 2.45. The smallest absolute Gasteiger partial charge is 0.323 e. The topological polar surface area (TPSA) is 111 Å². The van der Waals surface area contributed by atoms with Gasteiger partial charge in [-0.25, -0.2) is 9.00 Å². The summed E-state index contributed by atoms with van der Waals surface area (Å²) in [6, 6.07) is 10.2. The Hall–Kier alpha value is -2.29. The lowest BCUT2D eigenvalue weighted by atomic mass is 10.2. The quantitative estimate of drug-likeness (QED) is 0.434. The van der Waals surface area contributed by atoms with E-state index in [0.29, 0.717) is 10.7 Å². The number of halogens is 1. The van der Waals surface area contributed by atoms with Gasteiger partial charge in [0.05, 0.1) is 11.4 Å². The summed E-state index contributed by atoms with van der Waals surface area (Å²) in [6.07, 6.45) is 0. The van der Waals surface area contributed by atoms with Crippen LogP contribution in [0.25, 0.3) is 0 Å². The third-order valence-electron chi connectivity index (χ3n) is 2.58. The van der Waals surface area contributed by atoms with Crippen molar-refractivity contribution in [2.24, 2.45) is 0 Å². The zero-order valence-electron chi connectivity index (χ0n) is 11.0. The van der Waals surface area contributed by atoms with E-state index in [1.165, 1.54) is 18.2 Å². The zero-order valence-corrected chi connectivity index (χ0v) is 12.6. The second-order valence-electron chi connectivity index (χ2n) is 4.14. The SMILES string of the molecule is O=C(Nc1ccc(Cl)cc1)Nc1cccc(NS(=O)O)c1O. The number of benzene rings is 2. The van der Waals surface area contributed by atoms with Crippen molar-refractivity contribution in [3.05, 3.63) is 47.5 Å². The van der Waals surface area contributed by atoms with E-state index in [1.807, 2.05) is 0 Å². The van der Waals surface area contributed by atoms with Crippen LogP contribution >= 0.6 is 11.6 Å². The maximum Gasteiger partial charge on any atom is 0.323 e. The van der Waals surface area contributed by atoms with Crippen LogP contribution in [0, 0.1) is 0 Å². The van der Waals surface area contributed by atoms with Crippen LogP contribution in [-0.4, -0.2) is 19.9 Å². The fourth-order valence-electron chi connectivity index (χ4n) is 1.64. The molecule has 7 nitrogen and oxygen atoms in total. The number of phenols is 1. The lowest BCUT2D eigenvalue weighted by Gasteiger charge is -2.11. The van der Waals surface area contributed by atoms with E-state index in [-0.39, 0.29) is 17.1 Å². The first-order valence-corrected chi connectivity index (χ1v) is 7.47. The average molecular weight is 342 g/mol. The lowest BCUT2D eigenvalue weighted by Crippen LogP contribution is -2.19. The highest BCUT2D eigenvalue weighted by Crippen LogP contribution is 2.32. The van der Waals surface area contributed by atoms with Crippen molar-refractivity contribution in [3.63, 3.8) is 0 Å². The molecular formula is C13H12ClN3O4S. The fourth-order valence-corrected chi connectivity index (χ4v) is 2.12. The van der Waals surface area contributed by atoms with Crippen LogP contribution in [0.2, 0.25) is 5.02 Å². The summed E-state index contributed by atoms with van der Waals surface area (Å²) in [6.45, 7) is 0. The van der Waals surface area contributed by atoms with Gasteiger partial charge in [0.15, 0.2) is 5.75 Å². The highest BCUT2D eigenvalue weighted by atomic mass is 35.5. The molecule has 22 heavy (non-hydrogen) atoms. The molecule has 2 amide bonds. The number of amides is 2. The molecule has 0 aliphatic rings. The van der Waals surface area contributed by atoms with Gasteiger partial charge in [0, 0.05) is 10.7 Å². The minimum absolute atomic E-state index is 0.0186. The van der Waals surface area contributed by atoms with Crippen molar-refractivity contribution in [1.29, 1.82) is 0 Å². The van der Waals surface area contributed by atoms with Crippen LogP contribution in [0.1, 0.15) is 0 Å². The maximum atomic E-state index is 11.9. The first kappa shape index (κ1) is 16.1. The number of phenolic OH excluding ortho intramolecular Hbond substituents is 1. The Balaban J connectivity index is 2.08. The van der Waals surface area contributed by atoms with Crippen LogP contribution in [0.4, 0.5) is 21.9 Å². The second kappa shape index (κ2) is 7.12. The van der Waals surface area contributed by atoms with Crippen LogP contribution in [-0.2, 0) is 11.3 Å². The summed E-state index contributed by atoms with van der Waals surface area (Å²) in [5.74, 6) is -0.351. The molecule has 0 bridgehead atoms. The van der Waals surface area contributed by atoms with Gasteiger partial charge in [-0.3, -0.25) is 9.27 Å². The molecular weight excluding hydrogens is 330 g/mol. The van der Waals surface area contributed by atoms with Gasteiger partial charge in [0.2, 0.25) is 0 Å². The number of anilines is 3. The zero-order chi connectivity index (χ0) is 16.1. The van der Waals surface area contributed by atoms with Gasteiger partial charge in [-0.2, -0.15) is 0 Å². The number of hydrogen-bond donors (Lipinski definition) is 5. The Morgan fingerprint density at radius 2 is 1.68 bits per heavy atom. The summed E-state index contributed by atoms with van der Waals surface area (Å²) in [5, 5.41) is 15.5. The fraction of sp³-hybridized carbons (Fsp3) is 0.